The third-order valence-electron chi connectivity index (χ3n) is 3.57. The molecule has 0 radical (unpaired) electrons. The van der Waals surface area contributed by atoms with E-state index in [-0.39, 0.29) is 11.1 Å². The highest BCUT2D eigenvalue weighted by molar-refractivity contribution is 5.83. The van der Waals surface area contributed by atoms with Crippen molar-refractivity contribution in [1.82, 2.24) is 4.98 Å². The van der Waals surface area contributed by atoms with E-state index >= 15 is 0 Å². The molecule has 0 saturated carbocycles. The molecule has 1 aromatic carbocycles. The number of unbranched alkanes of at least 4 members (excludes halogenated alkanes) is 1. The van der Waals surface area contributed by atoms with Gasteiger partial charge in [0.1, 0.15) is 0 Å². The molecule has 0 saturated heterocycles. The molecular weight excluding hydrogens is 320 g/mol. The van der Waals surface area contributed by atoms with Gasteiger partial charge in [0, 0.05) is 23.4 Å². The fourth-order valence-corrected chi connectivity index (χ4v) is 2.18. The molecule has 0 amide bonds. The predicted octanol–water partition coefficient (Wildman–Crippen LogP) is 6.45. The van der Waals surface area contributed by atoms with Crippen LogP contribution in [0.3, 0.4) is 0 Å². The zero-order chi connectivity index (χ0) is 18.1. The Hall–Kier alpha value is -2.49. The van der Waals surface area contributed by atoms with E-state index in [0.29, 0.717) is 12.5 Å². The van der Waals surface area contributed by atoms with E-state index in [9.17, 15) is 8.78 Å². The number of aromatic nitrogens is 1. The molecular formula is C21H23F2NO. The van der Waals surface area contributed by atoms with Crippen molar-refractivity contribution in [2.24, 2.45) is 0 Å². The van der Waals surface area contributed by atoms with E-state index in [1.807, 2.05) is 13.0 Å². The number of allylic oxidation sites excluding steroid dienone is 1. The van der Waals surface area contributed by atoms with E-state index in [1.165, 1.54) is 12.3 Å². The summed E-state index contributed by atoms with van der Waals surface area (Å²) < 4.78 is 34.1. The molecule has 132 valence electrons. The third-order valence-corrected chi connectivity index (χ3v) is 3.57. The van der Waals surface area contributed by atoms with Crippen LogP contribution in [0.5, 0.6) is 5.88 Å². The lowest BCUT2D eigenvalue weighted by Crippen LogP contribution is -1.97. The second-order valence-corrected chi connectivity index (χ2v) is 5.67. The van der Waals surface area contributed by atoms with E-state index in [2.05, 4.69) is 18.0 Å². The number of nitrogens with zero attached hydrogens (tertiary/aromatic N) is 1. The van der Waals surface area contributed by atoms with Gasteiger partial charge >= 0.3 is 0 Å². The number of ether oxygens (including phenoxy) is 1. The van der Waals surface area contributed by atoms with Crippen LogP contribution in [0.1, 0.15) is 49.8 Å². The summed E-state index contributed by atoms with van der Waals surface area (Å²) in [5.41, 5.74) is 1.26. The van der Waals surface area contributed by atoms with E-state index in [4.69, 9.17) is 4.74 Å². The molecule has 0 spiro atoms. The van der Waals surface area contributed by atoms with Crippen LogP contribution in [0, 0.1) is 0 Å². The molecule has 0 unspecified atom stereocenters. The number of pyridine rings is 1. The first-order valence-electron chi connectivity index (χ1n) is 8.57. The van der Waals surface area contributed by atoms with Gasteiger partial charge in [-0.05, 0) is 24.5 Å². The summed E-state index contributed by atoms with van der Waals surface area (Å²) in [7, 11) is 0. The molecule has 0 atom stereocenters. The van der Waals surface area contributed by atoms with Gasteiger partial charge in [0.25, 0.3) is 0 Å². The number of hydrogen-bond donors (Lipinski definition) is 0. The van der Waals surface area contributed by atoms with Gasteiger partial charge in [0.05, 0.1) is 6.61 Å². The first-order chi connectivity index (χ1) is 12.2. The van der Waals surface area contributed by atoms with E-state index in [1.54, 1.807) is 30.3 Å². The first kappa shape index (κ1) is 18.8. The number of halogens is 2. The molecule has 2 aromatic rings. The van der Waals surface area contributed by atoms with Crippen molar-refractivity contribution in [2.45, 2.75) is 33.1 Å². The van der Waals surface area contributed by atoms with Crippen LogP contribution in [-0.4, -0.2) is 11.6 Å². The van der Waals surface area contributed by atoms with Crippen LogP contribution >= 0.6 is 0 Å². The van der Waals surface area contributed by atoms with Crippen LogP contribution in [0.25, 0.3) is 17.7 Å². The van der Waals surface area contributed by atoms with Crippen LogP contribution in [-0.2, 0) is 0 Å². The third kappa shape index (κ3) is 5.52. The number of rotatable bonds is 8. The normalized spacial score (nSPS) is 12.3. The maximum atomic E-state index is 14.4. The maximum absolute atomic E-state index is 14.4. The Morgan fingerprint density at radius 3 is 2.24 bits per heavy atom. The topological polar surface area (TPSA) is 22.1 Å². The molecule has 0 aliphatic heterocycles. The van der Waals surface area contributed by atoms with Gasteiger partial charge in [-0.2, -0.15) is 0 Å². The van der Waals surface area contributed by atoms with Gasteiger partial charge in [-0.15, -0.1) is 0 Å². The molecule has 4 heteroatoms. The summed E-state index contributed by atoms with van der Waals surface area (Å²) >= 11 is 0. The Bertz CT molecular complexity index is 719. The van der Waals surface area contributed by atoms with Gasteiger partial charge < -0.3 is 4.74 Å². The van der Waals surface area contributed by atoms with Crippen molar-refractivity contribution in [3.05, 3.63) is 65.4 Å². The number of hydrogen-bond acceptors (Lipinski definition) is 2. The minimum atomic E-state index is -0.927. The monoisotopic (exact) mass is 343 g/mol. The molecule has 2 nitrogen and oxygen atoms in total. The summed E-state index contributed by atoms with van der Waals surface area (Å²) in [5.74, 6) is -1.42. The Morgan fingerprint density at radius 1 is 0.960 bits per heavy atom. The van der Waals surface area contributed by atoms with Crippen molar-refractivity contribution in [2.75, 3.05) is 6.61 Å². The van der Waals surface area contributed by atoms with Crippen molar-refractivity contribution in [1.29, 1.82) is 0 Å². The van der Waals surface area contributed by atoms with E-state index < -0.39 is 11.7 Å². The fourth-order valence-electron chi connectivity index (χ4n) is 2.18. The van der Waals surface area contributed by atoms with Crippen LogP contribution in [0.15, 0.2) is 48.7 Å². The van der Waals surface area contributed by atoms with Gasteiger partial charge in [-0.25, -0.2) is 13.8 Å². The lowest BCUT2D eigenvalue weighted by molar-refractivity contribution is 0.305. The molecule has 0 fully saturated rings. The lowest BCUT2D eigenvalue weighted by Gasteiger charge is -2.05. The minimum absolute atomic E-state index is 0.0910. The van der Waals surface area contributed by atoms with E-state index in [0.717, 1.165) is 24.8 Å². The zero-order valence-electron chi connectivity index (χ0n) is 14.6. The molecule has 25 heavy (non-hydrogen) atoms. The highest BCUT2D eigenvalue weighted by Crippen LogP contribution is 2.29. The lowest BCUT2D eigenvalue weighted by atomic mass is 10.1. The Kier molecular flexibility index (Phi) is 7.33. The first-order valence-corrected chi connectivity index (χ1v) is 8.57. The van der Waals surface area contributed by atoms with Crippen LogP contribution < -0.4 is 4.74 Å². The Labute approximate surface area is 147 Å². The minimum Gasteiger partial charge on any atom is -0.478 e. The zero-order valence-corrected chi connectivity index (χ0v) is 14.6. The highest BCUT2D eigenvalue weighted by Gasteiger charge is 2.12. The SMILES string of the molecule is CCC/C=C/c1ccc(/C(F)=C(/F)c2ccc(OCCC)nc2)cc1. The van der Waals surface area contributed by atoms with Crippen molar-refractivity contribution in [3.8, 4) is 5.88 Å². The second-order valence-electron chi connectivity index (χ2n) is 5.67. The maximum Gasteiger partial charge on any atom is 0.213 e. The van der Waals surface area contributed by atoms with Crippen molar-refractivity contribution >= 4 is 17.7 Å². The predicted molar refractivity (Wildman–Crippen MR) is 99.4 cm³/mol. The molecule has 0 aliphatic carbocycles. The van der Waals surface area contributed by atoms with Gasteiger partial charge in [0.2, 0.25) is 5.88 Å². The quantitative estimate of drug-likeness (QED) is 0.549. The largest absolute Gasteiger partial charge is 0.478 e. The highest BCUT2D eigenvalue weighted by atomic mass is 19.2. The van der Waals surface area contributed by atoms with Crippen LogP contribution in [0.2, 0.25) is 0 Å². The molecule has 1 heterocycles. The summed E-state index contributed by atoms with van der Waals surface area (Å²) in [4.78, 5) is 4.00. The van der Waals surface area contributed by atoms with Gasteiger partial charge in [-0.1, -0.05) is 56.7 Å². The average molecular weight is 343 g/mol. The van der Waals surface area contributed by atoms with Crippen LogP contribution in [0.4, 0.5) is 8.78 Å². The summed E-state index contributed by atoms with van der Waals surface area (Å²) in [5, 5.41) is 0. The molecule has 1 aromatic heterocycles. The molecule has 2 rings (SSSR count). The fraction of sp³-hybridized carbons (Fsp3) is 0.286. The summed E-state index contributed by atoms with van der Waals surface area (Å²) in [6.45, 7) is 4.63. The number of benzene rings is 1. The molecule has 0 aliphatic rings. The smallest absolute Gasteiger partial charge is 0.213 e. The van der Waals surface area contributed by atoms with Crippen molar-refractivity contribution < 1.29 is 13.5 Å². The second kappa shape index (κ2) is 9.72. The summed E-state index contributed by atoms with van der Waals surface area (Å²) in [6, 6.07) is 9.70. The average Bonchev–Trinajstić information content (AvgIpc) is 2.66. The van der Waals surface area contributed by atoms with Gasteiger partial charge in [0.15, 0.2) is 11.7 Å². The molecule has 0 N–H and O–H groups in total. The molecule has 0 bridgehead atoms. The Balaban J connectivity index is 2.14. The summed E-state index contributed by atoms with van der Waals surface area (Å²) in [6.07, 6.45) is 8.25. The Morgan fingerprint density at radius 2 is 1.64 bits per heavy atom. The van der Waals surface area contributed by atoms with Gasteiger partial charge in [-0.3, -0.25) is 0 Å². The standard InChI is InChI=1S/C21H23F2NO/c1-3-5-6-7-16-8-10-17(11-9-16)20(22)21(23)18-12-13-19(24-15-18)25-14-4-2/h6-13,15H,3-5,14H2,1-2H3/b7-6+,21-20-. The van der Waals surface area contributed by atoms with Crippen molar-refractivity contribution in [3.63, 3.8) is 0 Å².